The highest BCUT2D eigenvalue weighted by Crippen LogP contribution is 2.30. The van der Waals surface area contributed by atoms with Crippen molar-refractivity contribution in [1.29, 1.82) is 0 Å². The zero-order valence-electron chi connectivity index (χ0n) is 21.4. The van der Waals surface area contributed by atoms with E-state index in [1.807, 2.05) is 30.3 Å². The topological polar surface area (TPSA) is 61.8 Å². The molecule has 0 bridgehead atoms. The Labute approximate surface area is 231 Å². The first-order chi connectivity index (χ1) is 18.0. The molecule has 1 aromatic heterocycles. The highest BCUT2D eigenvalue weighted by atomic mass is 32.9. The average molecular weight is 559 g/mol. The lowest BCUT2D eigenvalue weighted by Gasteiger charge is -2.19. The minimum absolute atomic E-state index is 0.351. The number of carbonyl (C=O) groups excluding carboxylic acids is 2. The maximum Gasteiger partial charge on any atom is 0.338 e. The van der Waals surface area contributed by atoms with E-state index < -0.39 is 6.10 Å². The Bertz CT molecular complexity index is 1180. The first kappa shape index (κ1) is 29.0. The Hall–Kier alpha value is -2.55. The minimum atomic E-state index is -0.437. The van der Waals surface area contributed by atoms with Crippen LogP contribution in [0, 0.1) is 3.82 Å². The number of unbranched alkanes of at least 4 members (excludes halogenated alkanes) is 4. The largest absolute Gasteiger partial charge is 0.494 e. The molecule has 0 fully saturated rings. The molecule has 0 radical (unpaired) electrons. The fourth-order valence-corrected chi connectivity index (χ4v) is 6.31. The molecule has 5 nitrogen and oxygen atoms in total. The van der Waals surface area contributed by atoms with E-state index in [4.69, 9.17) is 26.4 Å². The standard InChI is InChI=1S/C29H34O5S3/c1-3-4-13-26(34-21(2)30)24-11-7-8-12-25(24)29(31)33-19-10-6-5-9-18-32-23-16-14-22(15-17-23)27-20-28(35)37-36-27/h7-8,11-12,14-17,20,26H,3-6,9-10,13,18-19H2,1-2H3. The number of carbonyl (C=O) groups is 2. The normalized spacial score (nSPS) is 11.6. The van der Waals surface area contributed by atoms with Gasteiger partial charge in [-0.25, -0.2) is 4.79 Å². The molecule has 0 spiro atoms. The lowest BCUT2D eigenvalue weighted by Crippen LogP contribution is -2.15. The number of rotatable bonds is 15. The third-order valence-electron chi connectivity index (χ3n) is 5.80. The van der Waals surface area contributed by atoms with Crippen molar-refractivity contribution in [3.63, 3.8) is 0 Å². The molecule has 8 heteroatoms. The van der Waals surface area contributed by atoms with Crippen molar-refractivity contribution in [2.75, 3.05) is 13.2 Å². The molecule has 1 atom stereocenters. The fraction of sp³-hybridized carbons (Fsp3) is 0.414. The first-order valence-electron chi connectivity index (χ1n) is 12.7. The Morgan fingerprint density at radius 2 is 1.65 bits per heavy atom. The molecular weight excluding hydrogens is 525 g/mol. The van der Waals surface area contributed by atoms with Gasteiger partial charge >= 0.3 is 11.9 Å². The summed E-state index contributed by atoms with van der Waals surface area (Å²) in [4.78, 5) is 25.5. The molecule has 0 saturated heterocycles. The smallest absolute Gasteiger partial charge is 0.338 e. The van der Waals surface area contributed by atoms with Gasteiger partial charge in [-0.05, 0) is 80.5 Å². The second kappa shape index (κ2) is 15.6. The van der Waals surface area contributed by atoms with Crippen LogP contribution in [0.1, 0.15) is 80.8 Å². The van der Waals surface area contributed by atoms with E-state index in [9.17, 15) is 9.59 Å². The molecule has 1 unspecified atom stereocenters. The zero-order valence-corrected chi connectivity index (χ0v) is 23.9. The number of hydrogen-bond donors (Lipinski definition) is 0. The molecular formula is C29H34O5S3. The summed E-state index contributed by atoms with van der Waals surface area (Å²) in [5.74, 6) is 0.139. The molecule has 0 N–H and O–H groups in total. The quantitative estimate of drug-likeness (QED) is 0.0804. The molecule has 0 aliphatic rings. The molecule has 3 rings (SSSR count). The second-order valence-corrected chi connectivity index (χ2v) is 11.7. The van der Waals surface area contributed by atoms with Gasteiger partial charge in [0.2, 0.25) is 0 Å². The lowest BCUT2D eigenvalue weighted by atomic mass is 9.98. The predicted octanol–water partition coefficient (Wildman–Crippen LogP) is 8.80. The van der Waals surface area contributed by atoms with Crippen LogP contribution in [-0.2, 0) is 14.3 Å². The van der Waals surface area contributed by atoms with E-state index in [0.29, 0.717) is 30.8 Å². The van der Waals surface area contributed by atoms with Crippen molar-refractivity contribution in [2.45, 2.75) is 64.9 Å². The minimum Gasteiger partial charge on any atom is -0.494 e. The van der Waals surface area contributed by atoms with Crippen LogP contribution in [0.15, 0.2) is 54.6 Å². The van der Waals surface area contributed by atoms with Crippen LogP contribution in [0.3, 0.4) is 0 Å². The van der Waals surface area contributed by atoms with Gasteiger partial charge in [0, 0.05) is 17.4 Å². The summed E-state index contributed by atoms with van der Waals surface area (Å²) in [6.45, 7) is 4.49. The van der Waals surface area contributed by atoms with E-state index in [2.05, 4.69) is 19.1 Å². The van der Waals surface area contributed by atoms with E-state index in [0.717, 1.165) is 53.7 Å². The highest BCUT2D eigenvalue weighted by Gasteiger charge is 2.22. The predicted molar refractivity (Wildman–Crippen MR) is 153 cm³/mol. The van der Waals surface area contributed by atoms with Crippen molar-refractivity contribution >= 4 is 44.8 Å². The highest BCUT2D eigenvalue weighted by molar-refractivity contribution is 7.80. The van der Waals surface area contributed by atoms with Crippen LogP contribution in [-0.4, -0.2) is 25.2 Å². The SMILES string of the molecule is CCCCC(OC(C)=O)c1ccccc1C(=O)OCCCCCCOc1ccc(-c2cc(=S)ss2)cc1. The summed E-state index contributed by atoms with van der Waals surface area (Å²) in [5, 5.41) is 0. The Balaban J connectivity index is 1.35. The van der Waals surface area contributed by atoms with Gasteiger partial charge in [-0.3, -0.25) is 4.79 Å². The van der Waals surface area contributed by atoms with Gasteiger partial charge in [-0.2, -0.15) is 0 Å². The number of benzene rings is 2. The number of hydrogen-bond acceptors (Lipinski definition) is 8. The summed E-state index contributed by atoms with van der Waals surface area (Å²) < 4.78 is 17.8. The molecule has 0 saturated carbocycles. The molecule has 198 valence electrons. The molecule has 1 heterocycles. The van der Waals surface area contributed by atoms with E-state index in [-0.39, 0.29) is 11.9 Å². The maximum absolute atomic E-state index is 12.8. The molecule has 0 amide bonds. The maximum atomic E-state index is 12.8. The summed E-state index contributed by atoms with van der Waals surface area (Å²) in [7, 11) is 3.31. The first-order valence-corrected chi connectivity index (χ1v) is 15.3. The number of esters is 2. The van der Waals surface area contributed by atoms with Gasteiger partial charge < -0.3 is 14.2 Å². The summed E-state index contributed by atoms with van der Waals surface area (Å²) in [6, 6.07) is 17.4. The molecule has 0 aliphatic heterocycles. The van der Waals surface area contributed by atoms with E-state index in [1.165, 1.54) is 11.8 Å². The van der Waals surface area contributed by atoms with Crippen LogP contribution < -0.4 is 4.74 Å². The monoisotopic (exact) mass is 558 g/mol. The van der Waals surface area contributed by atoms with Gasteiger partial charge in [-0.15, -0.1) is 0 Å². The van der Waals surface area contributed by atoms with E-state index >= 15 is 0 Å². The van der Waals surface area contributed by atoms with Crippen LogP contribution in [0.25, 0.3) is 10.4 Å². The average Bonchev–Trinajstić information content (AvgIpc) is 3.34. The molecule has 2 aromatic carbocycles. The Morgan fingerprint density at radius 3 is 2.32 bits per heavy atom. The third kappa shape index (κ3) is 9.68. The van der Waals surface area contributed by atoms with Crippen LogP contribution in [0.4, 0.5) is 0 Å². The van der Waals surface area contributed by atoms with Gasteiger partial charge in [0.1, 0.15) is 15.7 Å². The van der Waals surface area contributed by atoms with Crippen molar-refractivity contribution in [3.05, 3.63) is 69.5 Å². The van der Waals surface area contributed by atoms with Crippen LogP contribution >= 0.6 is 32.9 Å². The lowest BCUT2D eigenvalue weighted by molar-refractivity contribution is -0.147. The van der Waals surface area contributed by atoms with E-state index in [1.54, 1.807) is 32.8 Å². The van der Waals surface area contributed by atoms with Crippen LogP contribution in [0.5, 0.6) is 5.75 Å². The van der Waals surface area contributed by atoms with Gasteiger partial charge in [0.05, 0.1) is 18.8 Å². The zero-order chi connectivity index (χ0) is 26.5. The summed E-state index contributed by atoms with van der Waals surface area (Å²) in [6.07, 6.45) is 5.80. The molecule has 3 aromatic rings. The Morgan fingerprint density at radius 1 is 0.919 bits per heavy atom. The van der Waals surface area contributed by atoms with Crippen molar-refractivity contribution < 1.29 is 23.8 Å². The van der Waals surface area contributed by atoms with Crippen LogP contribution in [0.2, 0.25) is 0 Å². The second-order valence-electron chi connectivity index (χ2n) is 8.74. The van der Waals surface area contributed by atoms with Crippen molar-refractivity contribution in [3.8, 4) is 16.2 Å². The van der Waals surface area contributed by atoms with Gasteiger partial charge in [0.15, 0.2) is 0 Å². The summed E-state index contributed by atoms with van der Waals surface area (Å²) >= 11 is 5.21. The summed E-state index contributed by atoms with van der Waals surface area (Å²) in [5.41, 5.74) is 2.33. The van der Waals surface area contributed by atoms with Gasteiger partial charge in [0.25, 0.3) is 0 Å². The third-order valence-corrected chi connectivity index (χ3v) is 8.71. The molecule has 37 heavy (non-hydrogen) atoms. The Kier molecular flexibility index (Phi) is 12.3. The molecule has 0 aliphatic carbocycles. The fourth-order valence-electron chi connectivity index (χ4n) is 3.91. The number of ether oxygens (including phenoxy) is 3. The van der Waals surface area contributed by atoms with Crippen molar-refractivity contribution in [1.82, 2.24) is 0 Å². The van der Waals surface area contributed by atoms with Crippen molar-refractivity contribution in [2.24, 2.45) is 0 Å². The van der Waals surface area contributed by atoms with Gasteiger partial charge in [-0.1, -0.05) is 64.4 Å².